The Morgan fingerprint density at radius 2 is 1.78 bits per heavy atom. The lowest BCUT2D eigenvalue weighted by Crippen LogP contribution is -2.43. The van der Waals surface area contributed by atoms with Crippen molar-refractivity contribution in [1.29, 1.82) is 0 Å². The van der Waals surface area contributed by atoms with Gasteiger partial charge in [0.25, 0.3) is 11.8 Å². The number of hydrogen-bond acceptors (Lipinski definition) is 6. The average Bonchev–Trinajstić information content (AvgIpc) is 3.28. The highest BCUT2D eigenvalue weighted by Gasteiger charge is 2.30. The smallest absolute Gasteiger partial charge is 0.257 e. The number of amides is 2. The van der Waals surface area contributed by atoms with Crippen LogP contribution in [0.25, 0.3) is 10.9 Å². The van der Waals surface area contributed by atoms with Crippen molar-refractivity contribution in [3.05, 3.63) is 59.0 Å². The molecular weight excluding hydrogens is 410 g/mol. The molecule has 0 spiro atoms. The van der Waals surface area contributed by atoms with Gasteiger partial charge in [-0.3, -0.25) is 14.7 Å². The van der Waals surface area contributed by atoms with Crippen molar-refractivity contribution in [2.75, 3.05) is 46.0 Å². The molecule has 0 unspecified atom stereocenters. The lowest BCUT2D eigenvalue weighted by atomic mass is 10.0. The van der Waals surface area contributed by atoms with E-state index in [4.69, 9.17) is 14.5 Å². The number of para-hydroxylation sites is 1. The molecule has 2 saturated heterocycles. The topological polar surface area (TPSA) is 101 Å². The van der Waals surface area contributed by atoms with Crippen LogP contribution < -0.4 is 0 Å². The third-order valence-corrected chi connectivity index (χ3v) is 6.01. The molecular formula is C23H25N5O4. The van der Waals surface area contributed by atoms with Crippen LogP contribution in [0, 0.1) is 6.92 Å². The molecule has 0 aliphatic carbocycles. The average molecular weight is 435 g/mol. The van der Waals surface area contributed by atoms with Gasteiger partial charge in [0.05, 0.1) is 54.9 Å². The summed E-state index contributed by atoms with van der Waals surface area (Å²) in [4.78, 5) is 34.7. The van der Waals surface area contributed by atoms with Crippen LogP contribution in [0.1, 0.15) is 38.2 Å². The molecule has 4 heterocycles. The van der Waals surface area contributed by atoms with E-state index in [2.05, 4.69) is 10.2 Å². The minimum absolute atomic E-state index is 0.0362. The van der Waals surface area contributed by atoms with Gasteiger partial charge in [-0.15, -0.1) is 0 Å². The summed E-state index contributed by atoms with van der Waals surface area (Å²) in [5.41, 5.74) is 3.28. The molecule has 2 aliphatic rings. The third kappa shape index (κ3) is 3.85. The van der Waals surface area contributed by atoms with Crippen LogP contribution in [0.4, 0.5) is 0 Å². The van der Waals surface area contributed by atoms with Crippen LogP contribution in [0.15, 0.2) is 36.5 Å². The first kappa shape index (κ1) is 20.6. The van der Waals surface area contributed by atoms with E-state index in [0.29, 0.717) is 62.8 Å². The Hall–Kier alpha value is -3.30. The predicted molar refractivity (Wildman–Crippen MR) is 116 cm³/mol. The SMILES string of the molecule is Cc1[nH]ncc1C(=O)N1CCO[C@H](c2cc(C(=O)N3CCOCC3)c3ccccc3n2)C1. The standard InChI is InChI=1S/C23H25N5O4/c1-15-18(13-24-26-15)23(30)28-8-11-32-21(14-28)20-12-17(16-4-2-3-5-19(16)25-20)22(29)27-6-9-31-10-7-27/h2-5,12-13,21H,6-11,14H2,1H3,(H,24,26)/t21-/m0/s1. The first-order valence-corrected chi connectivity index (χ1v) is 10.8. The van der Waals surface area contributed by atoms with E-state index in [0.717, 1.165) is 16.6 Å². The van der Waals surface area contributed by atoms with E-state index in [1.54, 1.807) is 11.1 Å². The zero-order valence-corrected chi connectivity index (χ0v) is 17.9. The van der Waals surface area contributed by atoms with E-state index in [-0.39, 0.29) is 11.8 Å². The minimum Gasteiger partial charge on any atom is -0.378 e. The Labute approximate surface area is 185 Å². The molecule has 166 valence electrons. The van der Waals surface area contributed by atoms with Crippen molar-refractivity contribution < 1.29 is 19.1 Å². The monoisotopic (exact) mass is 435 g/mol. The van der Waals surface area contributed by atoms with Crippen LogP contribution in [0.5, 0.6) is 0 Å². The summed E-state index contributed by atoms with van der Waals surface area (Å²) in [7, 11) is 0. The zero-order chi connectivity index (χ0) is 22.1. The van der Waals surface area contributed by atoms with Crippen molar-refractivity contribution in [2.45, 2.75) is 13.0 Å². The summed E-state index contributed by atoms with van der Waals surface area (Å²) in [6.45, 7) is 5.29. The molecule has 2 aliphatic heterocycles. The number of morpholine rings is 2. The number of rotatable bonds is 3. The summed E-state index contributed by atoms with van der Waals surface area (Å²) >= 11 is 0. The molecule has 9 nitrogen and oxygen atoms in total. The largest absolute Gasteiger partial charge is 0.378 e. The first-order valence-electron chi connectivity index (χ1n) is 10.8. The molecule has 0 radical (unpaired) electrons. The van der Waals surface area contributed by atoms with E-state index in [1.807, 2.05) is 42.2 Å². The van der Waals surface area contributed by atoms with E-state index in [1.165, 1.54) is 0 Å². The van der Waals surface area contributed by atoms with Crippen molar-refractivity contribution in [2.24, 2.45) is 0 Å². The number of aromatic amines is 1. The molecule has 1 aromatic carbocycles. The summed E-state index contributed by atoms with van der Waals surface area (Å²) in [6.07, 6.45) is 1.14. The van der Waals surface area contributed by atoms with Gasteiger partial charge >= 0.3 is 0 Å². The Kier molecular flexibility index (Phi) is 5.59. The number of nitrogens with one attached hydrogen (secondary N) is 1. The first-order chi connectivity index (χ1) is 15.6. The number of aryl methyl sites for hydroxylation is 1. The van der Waals surface area contributed by atoms with Crippen LogP contribution in [-0.2, 0) is 9.47 Å². The molecule has 1 atom stereocenters. The molecule has 5 rings (SSSR count). The maximum atomic E-state index is 13.3. The molecule has 32 heavy (non-hydrogen) atoms. The number of carbonyl (C=O) groups is 2. The van der Waals surface area contributed by atoms with Crippen LogP contribution >= 0.6 is 0 Å². The second kappa shape index (κ2) is 8.68. The number of pyridine rings is 1. The molecule has 2 fully saturated rings. The molecule has 3 aromatic rings. The van der Waals surface area contributed by atoms with Crippen molar-refractivity contribution >= 4 is 22.7 Å². The van der Waals surface area contributed by atoms with Gasteiger partial charge in [-0.2, -0.15) is 5.10 Å². The maximum Gasteiger partial charge on any atom is 0.257 e. The van der Waals surface area contributed by atoms with Crippen molar-refractivity contribution in [3.8, 4) is 0 Å². The number of ether oxygens (including phenoxy) is 2. The Morgan fingerprint density at radius 1 is 1.03 bits per heavy atom. The van der Waals surface area contributed by atoms with Crippen molar-refractivity contribution in [1.82, 2.24) is 25.0 Å². The number of H-pyrrole nitrogens is 1. The second-order valence-electron chi connectivity index (χ2n) is 8.04. The van der Waals surface area contributed by atoms with Gasteiger partial charge in [-0.1, -0.05) is 18.2 Å². The van der Waals surface area contributed by atoms with Gasteiger partial charge in [-0.05, 0) is 19.1 Å². The molecule has 1 N–H and O–H groups in total. The summed E-state index contributed by atoms with van der Waals surface area (Å²) < 4.78 is 11.4. The Morgan fingerprint density at radius 3 is 2.56 bits per heavy atom. The molecule has 9 heteroatoms. The fourth-order valence-corrected chi connectivity index (χ4v) is 4.22. The number of aromatic nitrogens is 3. The number of carbonyl (C=O) groups excluding carboxylic acids is 2. The normalized spacial score (nSPS) is 19.3. The number of nitrogens with zero attached hydrogens (tertiary/aromatic N) is 4. The summed E-state index contributed by atoms with van der Waals surface area (Å²) in [5.74, 6) is -0.124. The maximum absolute atomic E-state index is 13.3. The number of benzene rings is 1. The van der Waals surface area contributed by atoms with E-state index in [9.17, 15) is 9.59 Å². The number of hydrogen-bond donors (Lipinski definition) is 1. The highest BCUT2D eigenvalue weighted by molar-refractivity contribution is 6.06. The molecule has 2 amide bonds. The summed E-state index contributed by atoms with van der Waals surface area (Å²) in [5, 5.41) is 7.58. The Bertz CT molecular complexity index is 1150. The van der Waals surface area contributed by atoms with Crippen LogP contribution in [0.2, 0.25) is 0 Å². The van der Waals surface area contributed by atoms with Gasteiger partial charge < -0.3 is 19.3 Å². The quantitative estimate of drug-likeness (QED) is 0.675. The zero-order valence-electron chi connectivity index (χ0n) is 17.9. The highest BCUT2D eigenvalue weighted by atomic mass is 16.5. The minimum atomic E-state index is -0.416. The van der Waals surface area contributed by atoms with Gasteiger partial charge in [0, 0.05) is 30.7 Å². The highest BCUT2D eigenvalue weighted by Crippen LogP contribution is 2.28. The van der Waals surface area contributed by atoms with Crippen LogP contribution in [0.3, 0.4) is 0 Å². The molecule has 2 aromatic heterocycles. The van der Waals surface area contributed by atoms with E-state index >= 15 is 0 Å². The third-order valence-electron chi connectivity index (χ3n) is 6.01. The van der Waals surface area contributed by atoms with Crippen molar-refractivity contribution in [3.63, 3.8) is 0 Å². The second-order valence-corrected chi connectivity index (χ2v) is 8.04. The van der Waals surface area contributed by atoms with Gasteiger partial charge in [0.2, 0.25) is 0 Å². The van der Waals surface area contributed by atoms with Gasteiger partial charge in [-0.25, -0.2) is 4.98 Å². The Balaban J connectivity index is 1.46. The van der Waals surface area contributed by atoms with Gasteiger partial charge in [0.15, 0.2) is 0 Å². The molecule has 0 saturated carbocycles. The van der Waals surface area contributed by atoms with Crippen LogP contribution in [-0.4, -0.2) is 82.8 Å². The molecule has 0 bridgehead atoms. The predicted octanol–water partition coefficient (Wildman–Crippen LogP) is 1.95. The number of fused-ring (bicyclic) bond motifs is 1. The van der Waals surface area contributed by atoms with Gasteiger partial charge in [0.1, 0.15) is 6.10 Å². The lowest BCUT2D eigenvalue weighted by molar-refractivity contribution is -0.0246. The summed E-state index contributed by atoms with van der Waals surface area (Å²) in [6, 6.07) is 9.45. The fraction of sp³-hybridized carbons (Fsp3) is 0.391. The van der Waals surface area contributed by atoms with E-state index < -0.39 is 6.10 Å². The fourth-order valence-electron chi connectivity index (χ4n) is 4.22. The lowest BCUT2D eigenvalue weighted by Gasteiger charge is -2.33.